The first-order valence-electron chi connectivity index (χ1n) is 6.68. The number of amides is 3. The summed E-state index contributed by atoms with van der Waals surface area (Å²) in [6, 6.07) is -0.142. The van der Waals surface area contributed by atoms with E-state index in [0.717, 1.165) is 19.6 Å². The SMILES string of the molecule is CCNC(=O)NC(=O)C(C)N1C[C@@H]2CCN[C@@H]2C1. The van der Waals surface area contributed by atoms with E-state index in [1.807, 2.05) is 13.8 Å². The third kappa shape index (κ3) is 2.81. The van der Waals surface area contributed by atoms with Crippen molar-refractivity contribution in [2.24, 2.45) is 5.92 Å². The molecule has 2 aliphatic rings. The van der Waals surface area contributed by atoms with Crippen LogP contribution in [0.4, 0.5) is 4.79 Å². The summed E-state index contributed by atoms with van der Waals surface area (Å²) in [7, 11) is 0. The molecule has 3 atom stereocenters. The molecule has 0 aromatic rings. The normalized spacial score (nSPS) is 28.8. The lowest BCUT2D eigenvalue weighted by atomic mass is 10.1. The van der Waals surface area contributed by atoms with Crippen LogP contribution in [0, 0.1) is 5.92 Å². The molecule has 3 amide bonds. The number of urea groups is 1. The van der Waals surface area contributed by atoms with Crippen LogP contribution < -0.4 is 16.0 Å². The number of nitrogens with zero attached hydrogens (tertiary/aromatic N) is 1. The largest absolute Gasteiger partial charge is 0.338 e. The Labute approximate surface area is 107 Å². The van der Waals surface area contributed by atoms with Gasteiger partial charge in [0, 0.05) is 25.7 Å². The molecule has 2 fully saturated rings. The van der Waals surface area contributed by atoms with E-state index >= 15 is 0 Å². The van der Waals surface area contributed by atoms with Gasteiger partial charge in [-0.05, 0) is 32.7 Å². The van der Waals surface area contributed by atoms with Crippen LogP contribution in [-0.2, 0) is 4.79 Å². The maximum absolute atomic E-state index is 11.9. The van der Waals surface area contributed by atoms with Gasteiger partial charge in [-0.1, -0.05) is 0 Å². The van der Waals surface area contributed by atoms with E-state index < -0.39 is 6.03 Å². The molecule has 0 saturated carbocycles. The fourth-order valence-electron chi connectivity index (χ4n) is 2.79. The fourth-order valence-corrected chi connectivity index (χ4v) is 2.79. The highest BCUT2D eigenvalue weighted by atomic mass is 16.2. The van der Waals surface area contributed by atoms with Crippen molar-refractivity contribution < 1.29 is 9.59 Å². The monoisotopic (exact) mass is 254 g/mol. The van der Waals surface area contributed by atoms with Gasteiger partial charge in [-0.3, -0.25) is 15.0 Å². The molecule has 2 heterocycles. The van der Waals surface area contributed by atoms with Crippen LogP contribution in [-0.4, -0.2) is 55.1 Å². The van der Waals surface area contributed by atoms with Crippen molar-refractivity contribution in [2.75, 3.05) is 26.2 Å². The number of imide groups is 1. The minimum atomic E-state index is -0.410. The van der Waals surface area contributed by atoms with Crippen LogP contribution in [0.3, 0.4) is 0 Å². The Kier molecular flexibility index (Phi) is 4.19. The standard InChI is InChI=1S/C12H22N4O2/c1-3-13-12(18)15-11(17)8(2)16-6-9-4-5-14-10(9)7-16/h8-10,14H,3-7H2,1-2H3,(H2,13,15,17,18)/t8?,9-,10+/m0/s1. The summed E-state index contributed by atoms with van der Waals surface area (Å²) in [5.41, 5.74) is 0. The van der Waals surface area contributed by atoms with Gasteiger partial charge >= 0.3 is 6.03 Å². The first-order valence-corrected chi connectivity index (χ1v) is 6.68. The van der Waals surface area contributed by atoms with E-state index in [1.165, 1.54) is 6.42 Å². The van der Waals surface area contributed by atoms with Crippen molar-refractivity contribution in [1.29, 1.82) is 0 Å². The highest BCUT2D eigenvalue weighted by molar-refractivity contribution is 5.96. The molecule has 2 aliphatic heterocycles. The first-order chi connectivity index (χ1) is 8.61. The molecule has 0 radical (unpaired) electrons. The summed E-state index contributed by atoms with van der Waals surface area (Å²) in [5.74, 6) is 0.436. The van der Waals surface area contributed by atoms with Crippen molar-refractivity contribution in [3.8, 4) is 0 Å². The molecule has 1 unspecified atom stereocenters. The molecule has 102 valence electrons. The van der Waals surface area contributed by atoms with E-state index in [4.69, 9.17) is 0 Å². The molecular formula is C12H22N4O2. The third-order valence-electron chi connectivity index (χ3n) is 3.89. The van der Waals surface area contributed by atoms with E-state index in [-0.39, 0.29) is 11.9 Å². The predicted molar refractivity (Wildman–Crippen MR) is 68.1 cm³/mol. The zero-order chi connectivity index (χ0) is 13.1. The third-order valence-corrected chi connectivity index (χ3v) is 3.89. The molecule has 0 aromatic carbocycles. The zero-order valence-electron chi connectivity index (χ0n) is 11.0. The number of carbonyl (C=O) groups is 2. The van der Waals surface area contributed by atoms with Gasteiger partial charge in [-0.2, -0.15) is 0 Å². The van der Waals surface area contributed by atoms with E-state index in [9.17, 15) is 9.59 Å². The number of rotatable bonds is 3. The van der Waals surface area contributed by atoms with E-state index in [2.05, 4.69) is 20.9 Å². The number of likely N-dealkylation sites (tertiary alicyclic amines) is 1. The minimum Gasteiger partial charge on any atom is -0.338 e. The zero-order valence-corrected chi connectivity index (χ0v) is 11.0. The van der Waals surface area contributed by atoms with Gasteiger partial charge in [0.25, 0.3) is 0 Å². The molecule has 0 aromatic heterocycles. The number of hydrogen-bond acceptors (Lipinski definition) is 4. The van der Waals surface area contributed by atoms with Gasteiger partial charge in [0.1, 0.15) is 0 Å². The summed E-state index contributed by atoms with van der Waals surface area (Å²) in [6.45, 7) is 7.13. The maximum atomic E-state index is 11.9. The van der Waals surface area contributed by atoms with E-state index in [0.29, 0.717) is 18.5 Å². The number of fused-ring (bicyclic) bond motifs is 1. The topological polar surface area (TPSA) is 73.5 Å². The van der Waals surface area contributed by atoms with Crippen LogP contribution in [0.5, 0.6) is 0 Å². The first kappa shape index (κ1) is 13.3. The average Bonchev–Trinajstić information content (AvgIpc) is 2.87. The van der Waals surface area contributed by atoms with Crippen LogP contribution >= 0.6 is 0 Å². The Morgan fingerprint density at radius 2 is 2.22 bits per heavy atom. The Morgan fingerprint density at radius 1 is 1.44 bits per heavy atom. The molecule has 6 nitrogen and oxygen atoms in total. The second kappa shape index (κ2) is 5.67. The Balaban J connectivity index is 1.82. The lowest BCUT2D eigenvalue weighted by molar-refractivity contribution is -0.124. The summed E-state index contributed by atoms with van der Waals surface area (Å²) in [5, 5.41) is 8.38. The van der Waals surface area contributed by atoms with Crippen LogP contribution in [0.1, 0.15) is 20.3 Å². The molecule has 2 saturated heterocycles. The molecular weight excluding hydrogens is 232 g/mol. The average molecular weight is 254 g/mol. The molecule has 0 bridgehead atoms. The van der Waals surface area contributed by atoms with E-state index in [1.54, 1.807) is 0 Å². The highest BCUT2D eigenvalue weighted by Crippen LogP contribution is 2.25. The second-order valence-corrected chi connectivity index (χ2v) is 5.09. The van der Waals surface area contributed by atoms with Gasteiger partial charge in [-0.15, -0.1) is 0 Å². The molecule has 0 spiro atoms. The minimum absolute atomic E-state index is 0.221. The number of carbonyl (C=O) groups excluding carboxylic acids is 2. The molecule has 3 N–H and O–H groups in total. The summed E-state index contributed by atoms with van der Waals surface area (Å²) in [4.78, 5) is 25.3. The summed E-state index contributed by atoms with van der Waals surface area (Å²) < 4.78 is 0. The lowest BCUT2D eigenvalue weighted by Crippen LogP contribution is -2.49. The maximum Gasteiger partial charge on any atom is 0.321 e. The lowest BCUT2D eigenvalue weighted by Gasteiger charge is -2.23. The van der Waals surface area contributed by atoms with Crippen LogP contribution in [0.15, 0.2) is 0 Å². The second-order valence-electron chi connectivity index (χ2n) is 5.09. The Morgan fingerprint density at radius 3 is 2.89 bits per heavy atom. The Bertz CT molecular complexity index is 322. The van der Waals surface area contributed by atoms with Gasteiger partial charge in [0.15, 0.2) is 0 Å². The molecule has 2 rings (SSSR count). The predicted octanol–water partition coefficient (Wildman–Crippen LogP) is -0.486. The fraction of sp³-hybridized carbons (Fsp3) is 0.833. The van der Waals surface area contributed by atoms with Crippen molar-refractivity contribution in [1.82, 2.24) is 20.9 Å². The van der Waals surface area contributed by atoms with Gasteiger partial charge < -0.3 is 10.6 Å². The highest BCUT2D eigenvalue weighted by Gasteiger charge is 2.39. The van der Waals surface area contributed by atoms with Crippen LogP contribution in [0.2, 0.25) is 0 Å². The van der Waals surface area contributed by atoms with Crippen molar-refractivity contribution in [2.45, 2.75) is 32.4 Å². The summed E-state index contributed by atoms with van der Waals surface area (Å²) >= 11 is 0. The Hall–Kier alpha value is -1.14. The van der Waals surface area contributed by atoms with Crippen molar-refractivity contribution >= 4 is 11.9 Å². The molecule has 6 heteroatoms. The van der Waals surface area contributed by atoms with Crippen molar-refractivity contribution in [3.05, 3.63) is 0 Å². The molecule has 0 aliphatic carbocycles. The van der Waals surface area contributed by atoms with Crippen LogP contribution in [0.25, 0.3) is 0 Å². The number of nitrogens with one attached hydrogen (secondary N) is 3. The van der Waals surface area contributed by atoms with Gasteiger partial charge in [0.2, 0.25) is 5.91 Å². The number of hydrogen-bond donors (Lipinski definition) is 3. The van der Waals surface area contributed by atoms with Gasteiger partial charge in [0.05, 0.1) is 6.04 Å². The van der Waals surface area contributed by atoms with Crippen molar-refractivity contribution in [3.63, 3.8) is 0 Å². The molecule has 18 heavy (non-hydrogen) atoms. The quantitative estimate of drug-likeness (QED) is 0.636. The smallest absolute Gasteiger partial charge is 0.321 e. The van der Waals surface area contributed by atoms with Gasteiger partial charge in [-0.25, -0.2) is 4.79 Å². The summed E-state index contributed by atoms with van der Waals surface area (Å²) in [6.07, 6.45) is 1.19.